The average molecular weight is 292 g/mol. The standard InChI is InChI=1S/C18H28O3/c1-3-5-6-7-12-19-17-10-8-15(9-11-17)18-14-20-16(4-2)13-21-18/h8-11,16,18H,3-7,12-14H2,1-2H3/t16-,18-/m1/s1. The van der Waals surface area contributed by atoms with Crippen LogP contribution in [0.1, 0.15) is 57.6 Å². The van der Waals surface area contributed by atoms with Crippen LogP contribution in [0.2, 0.25) is 0 Å². The second-order valence-electron chi connectivity index (χ2n) is 5.66. The zero-order valence-corrected chi connectivity index (χ0v) is 13.3. The van der Waals surface area contributed by atoms with Crippen molar-refractivity contribution >= 4 is 0 Å². The Labute approximate surface area is 128 Å². The summed E-state index contributed by atoms with van der Waals surface area (Å²) in [7, 11) is 0. The molecule has 118 valence electrons. The van der Waals surface area contributed by atoms with Crippen LogP contribution in [0.3, 0.4) is 0 Å². The summed E-state index contributed by atoms with van der Waals surface area (Å²) in [6, 6.07) is 8.23. The summed E-state index contributed by atoms with van der Waals surface area (Å²) >= 11 is 0. The Morgan fingerprint density at radius 2 is 1.81 bits per heavy atom. The summed E-state index contributed by atoms with van der Waals surface area (Å²) in [5.41, 5.74) is 1.17. The molecule has 2 rings (SSSR count). The zero-order chi connectivity index (χ0) is 14.9. The summed E-state index contributed by atoms with van der Waals surface area (Å²) in [6.07, 6.45) is 6.27. The van der Waals surface area contributed by atoms with Crippen molar-refractivity contribution < 1.29 is 14.2 Å². The van der Waals surface area contributed by atoms with Crippen molar-refractivity contribution in [3.05, 3.63) is 29.8 Å². The molecule has 3 heteroatoms. The molecule has 0 unspecified atom stereocenters. The van der Waals surface area contributed by atoms with E-state index in [2.05, 4.69) is 26.0 Å². The van der Waals surface area contributed by atoms with Crippen molar-refractivity contribution in [3.63, 3.8) is 0 Å². The van der Waals surface area contributed by atoms with Crippen LogP contribution < -0.4 is 4.74 Å². The van der Waals surface area contributed by atoms with Gasteiger partial charge in [-0.25, -0.2) is 0 Å². The van der Waals surface area contributed by atoms with Crippen LogP contribution in [0.4, 0.5) is 0 Å². The van der Waals surface area contributed by atoms with Crippen LogP contribution in [0.15, 0.2) is 24.3 Å². The Morgan fingerprint density at radius 1 is 1.00 bits per heavy atom. The molecule has 21 heavy (non-hydrogen) atoms. The van der Waals surface area contributed by atoms with Gasteiger partial charge in [-0.15, -0.1) is 0 Å². The summed E-state index contributed by atoms with van der Waals surface area (Å²) < 4.78 is 17.4. The SMILES string of the molecule is CCCCCCOc1ccc([C@H]2CO[C@H](CC)CO2)cc1. The Balaban J connectivity index is 1.74. The van der Waals surface area contributed by atoms with E-state index in [0.29, 0.717) is 13.2 Å². The first-order valence-corrected chi connectivity index (χ1v) is 8.29. The molecule has 0 bridgehead atoms. The van der Waals surface area contributed by atoms with Gasteiger partial charge in [0.15, 0.2) is 0 Å². The summed E-state index contributed by atoms with van der Waals surface area (Å²) in [5.74, 6) is 0.943. The molecule has 3 nitrogen and oxygen atoms in total. The van der Waals surface area contributed by atoms with E-state index in [0.717, 1.165) is 25.2 Å². The first kappa shape index (κ1) is 16.3. The van der Waals surface area contributed by atoms with Crippen molar-refractivity contribution in [2.45, 2.75) is 58.2 Å². The molecule has 0 aliphatic carbocycles. The Hall–Kier alpha value is -1.06. The number of unbranched alkanes of at least 4 members (excludes halogenated alkanes) is 3. The van der Waals surface area contributed by atoms with E-state index in [9.17, 15) is 0 Å². The highest BCUT2D eigenvalue weighted by molar-refractivity contribution is 5.28. The molecule has 1 aromatic rings. The molecule has 1 aromatic carbocycles. The van der Waals surface area contributed by atoms with Gasteiger partial charge < -0.3 is 14.2 Å². The lowest BCUT2D eigenvalue weighted by molar-refractivity contribution is -0.135. The minimum absolute atomic E-state index is 0.0615. The summed E-state index contributed by atoms with van der Waals surface area (Å²) in [5, 5.41) is 0. The van der Waals surface area contributed by atoms with Crippen LogP contribution >= 0.6 is 0 Å². The van der Waals surface area contributed by atoms with Crippen molar-refractivity contribution in [2.75, 3.05) is 19.8 Å². The second kappa shape index (κ2) is 9.06. The van der Waals surface area contributed by atoms with Gasteiger partial charge in [-0.1, -0.05) is 45.2 Å². The number of hydrogen-bond donors (Lipinski definition) is 0. The lowest BCUT2D eigenvalue weighted by atomic mass is 10.1. The van der Waals surface area contributed by atoms with Gasteiger partial charge in [-0.05, 0) is 30.5 Å². The van der Waals surface area contributed by atoms with Gasteiger partial charge in [0.1, 0.15) is 11.9 Å². The minimum atomic E-state index is 0.0615. The normalized spacial score (nSPS) is 22.2. The molecule has 0 aromatic heterocycles. The maximum absolute atomic E-state index is 5.87. The van der Waals surface area contributed by atoms with Crippen LogP contribution in [-0.4, -0.2) is 25.9 Å². The fourth-order valence-corrected chi connectivity index (χ4v) is 2.47. The Kier molecular flexibility index (Phi) is 7.04. The largest absolute Gasteiger partial charge is 0.494 e. The lowest BCUT2D eigenvalue weighted by Crippen LogP contribution is -2.30. The van der Waals surface area contributed by atoms with E-state index in [1.165, 1.54) is 24.8 Å². The van der Waals surface area contributed by atoms with Gasteiger partial charge in [0.05, 0.1) is 25.9 Å². The third-order valence-corrected chi connectivity index (χ3v) is 3.94. The lowest BCUT2D eigenvalue weighted by Gasteiger charge is -2.29. The molecule has 0 amide bonds. The molecule has 0 spiro atoms. The van der Waals surface area contributed by atoms with Crippen molar-refractivity contribution in [1.82, 2.24) is 0 Å². The van der Waals surface area contributed by atoms with E-state index in [-0.39, 0.29) is 12.2 Å². The first-order valence-electron chi connectivity index (χ1n) is 8.29. The van der Waals surface area contributed by atoms with E-state index in [1.54, 1.807) is 0 Å². The molecule has 1 aliphatic heterocycles. The topological polar surface area (TPSA) is 27.7 Å². The third kappa shape index (κ3) is 5.33. The fraction of sp³-hybridized carbons (Fsp3) is 0.667. The number of hydrogen-bond acceptors (Lipinski definition) is 3. The van der Waals surface area contributed by atoms with Crippen molar-refractivity contribution in [2.24, 2.45) is 0 Å². The maximum Gasteiger partial charge on any atom is 0.119 e. The van der Waals surface area contributed by atoms with Gasteiger partial charge in [-0.2, -0.15) is 0 Å². The Bertz CT molecular complexity index is 380. The molecular formula is C18H28O3. The highest BCUT2D eigenvalue weighted by Crippen LogP contribution is 2.25. The van der Waals surface area contributed by atoms with E-state index in [1.807, 2.05) is 12.1 Å². The smallest absolute Gasteiger partial charge is 0.119 e. The van der Waals surface area contributed by atoms with Crippen molar-refractivity contribution in [3.8, 4) is 5.75 Å². The number of ether oxygens (including phenoxy) is 3. The molecular weight excluding hydrogens is 264 g/mol. The molecule has 0 N–H and O–H groups in total. The minimum Gasteiger partial charge on any atom is -0.494 e. The molecule has 1 fully saturated rings. The Morgan fingerprint density at radius 3 is 2.43 bits per heavy atom. The summed E-state index contributed by atoms with van der Waals surface area (Å²) in [6.45, 7) is 6.49. The highest BCUT2D eigenvalue weighted by atomic mass is 16.6. The van der Waals surface area contributed by atoms with Gasteiger partial charge in [-0.3, -0.25) is 0 Å². The van der Waals surface area contributed by atoms with Gasteiger partial charge >= 0.3 is 0 Å². The molecule has 0 radical (unpaired) electrons. The van der Waals surface area contributed by atoms with Crippen molar-refractivity contribution in [1.29, 1.82) is 0 Å². The zero-order valence-electron chi connectivity index (χ0n) is 13.3. The monoisotopic (exact) mass is 292 g/mol. The molecule has 1 saturated heterocycles. The first-order chi connectivity index (χ1) is 10.3. The maximum atomic E-state index is 5.87. The van der Waals surface area contributed by atoms with Crippen LogP contribution in [0, 0.1) is 0 Å². The quantitative estimate of drug-likeness (QED) is 0.660. The highest BCUT2D eigenvalue weighted by Gasteiger charge is 2.22. The molecule has 0 saturated carbocycles. The van der Waals surface area contributed by atoms with E-state index < -0.39 is 0 Å². The van der Waals surface area contributed by atoms with Gasteiger partial charge in [0.2, 0.25) is 0 Å². The average Bonchev–Trinajstić information content (AvgIpc) is 2.55. The predicted molar refractivity (Wildman–Crippen MR) is 84.8 cm³/mol. The van der Waals surface area contributed by atoms with Gasteiger partial charge in [0.25, 0.3) is 0 Å². The predicted octanol–water partition coefficient (Wildman–Crippen LogP) is 4.51. The van der Waals surface area contributed by atoms with Crippen LogP contribution in [0.25, 0.3) is 0 Å². The molecule has 2 atom stereocenters. The van der Waals surface area contributed by atoms with E-state index in [4.69, 9.17) is 14.2 Å². The van der Waals surface area contributed by atoms with E-state index >= 15 is 0 Å². The third-order valence-electron chi connectivity index (χ3n) is 3.94. The van der Waals surface area contributed by atoms with Crippen LogP contribution in [0.5, 0.6) is 5.75 Å². The second-order valence-corrected chi connectivity index (χ2v) is 5.66. The summed E-state index contributed by atoms with van der Waals surface area (Å²) in [4.78, 5) is 0. The number of benzene rings is 1. The van der Waals surface area contributed by atoms with Gasteiger partial charge in [0, 0.05) is 0 Å². The fourth-order valence-electron chi connectivity index (χ4n) is 2.47. The van der Waals surface area contributed by atoms with Crippen LogP contribution in [-0.2, 0) is 9.47 Å². The molecule has 1 heterocycles. The molecule has 1 aliphatic rings. The number of rotatable bonds is 8.